The largest absolute Gasteiger partial charge is 0.298 e. The molecule has 0 amide bonds. The molecule has 2 aromatic rings. The molecule has 3 nitrogen and oxygen atoms in total. The van der Waals surface area contributed by atoms with Crippen LogP contribution < -0.4 is 0 Å². The molecule has 0 bridgehead atoms. The van der Waals surface area contributed by atoms with Crippen LogP contribution in [-0.4, -0.2) is 16.1 Å². The standard InChI is InChI=1S/C16H19FN2O/c1-4-15-14(10-20)16(5-2)19(18-15)9-12-6-7-13(17)8-11(12)3/h6-8,10H,4-5,9H2,1-3H3. The van der Waals surface area contributed by atoms with Crippen molar-refractivity contribution in [2.75, 3.05) is 0 Å². The number of aromatic nitrogens is 2. The molecule has 1 aromatic heterocycles. The van der Waals surface area contributed by atoms with E-state index in [1.54, 1.807) is 6.07 Å². The maximum atomic E-state index is 13.1. The van der Waals surface area contributed by atoms with Gasteiger partial charge < -0.3 is 0 Å². The second-order valence-electron chi connectivity index (χ2n) is 4.86. The summed E-state index contributed by atoms with van der Waals surface area (Å²) in [5.74, 6) is -0.231. The van der Waals surface area contributed by atoms with E-state index in [1.165, 1.54) is 12.1 Å². The number of carbonyl (C=O) groups is 1. The maximum Gasteiger partial charge on any atom is 0.153 e. The number of aldehydes is 1. The Morgan fingerprint density at radius 1 is 1.30 bits per heavy atom. The highest BCUT2D eigenvalue weighted by atomic mass is 19.1. The van der Waals surface area contributed by atoms with Gasteiger partial charge in [0.1, 0.15) is 5.82 Å². The zero-order chi connectivity index (χ0) is 14.7. The lowest BCUT2D eigenvalue weighted by Gasteiger charge is -2.09. The third kappa shape index (κ3) is 2.64. The van der Waals surface area contributed by atoms with E-state index in [0.29, 0.717) is 12.1 Å². The Kier molecular flexibility index (Phi) is 4.32. The summed E-state index contributed by atoms with van der Waals surface area (Å²) < 4.78 is 15.0. The van der Waals surface area contributed by atoms with Gasteiger partial charge in [-0.05, 0) is 43.0 Å². The molecule has 1 aromatic carbocycles. The van der Waals surface area contributed by atoms with E-state index in [-0.39, 0.29) is 5.82 Å². The van der Waals surface area contributed by atoms with Crippen LogP contribution in [0.15, 0.2) is 18.2 Å². The Hall–Kier alpha value is -1.97. The minimum Gasteiger partial charge on any atom is -0.298 e. The first-order valence-electron chi connectivity index (χ1n) is 6.89. The average molecular weight is 274 g/mol. The van der Waals surface area contributed by atoms with Crippen LogP contribution in [0.25, 0.3) is 0 Å². The van der Waals surface area contributed by atoms with E-state index in [9.17, 15) is 9.18 Å². The fraction of sp³-hybridized carbons (Fsp3) is 0.375. The van der Waals surface area contributed by atoms with E-state index in [0.717, 1.165) is 41.6 Å². The first-order chi connectivity index (χ1) is 9.60. The van der Waals surface area contributed by atoms with Crippen LogP contribution in [0.4, 0.5) is 4.39 Å². The third-order valence-electron chi connectivity index (χ3n) is 3.59. The van der Waals surface area contributed by atoms with Gasteiger partial charge in [0.2, 0.25) is 0 Å². The predicted molar refractivity (Wildman–Crippen MR) is 76.6 cm³/mol. The molecule has 0 atom stereocenters. The molecule has 0 fully saturated rings. The number of rotatable bonds is 5. The molecule has 1 heterocycles. The predicted octanol–water partition coefficient (Wildman–Crippen LogP) is 3.32. The fourth-order valence-electron chi connectivity index (χ4n) is 2.46. The first-order valence-corrected chi connectivity index (χ1v) is 6.89. The molecule has 0 unspecified atom stereocenters. The van der Waals surface area contributed by atoms with Crippen LogP contribution in [0.5, 0.6) is 0 Å². The van der Waals surface area contributed by atoms with Gasteiger partial charge in [0.15, 0.2) is 6.29 Å². The normalized spacial score (nSPS) is 10.8. The molecule has 0 N–H and O–H groups in total. The molecule has 2 rings (SSSR count). The number of aryl methyl sites for hydroxylation is 2. The van der Waals surface area contributed by atoms with E-state index < -0.39 is 0 Å². The average Bonchev–Trinajstić information content (AvgIpc) is 2.78. The van der Waals surface area contributed by atoms with Crippen molar-refractivity contribution in [3.8, 4) is 0 Å². The van der Waals surface area contributed by atoms with Crippen molar-refractivity contribution >= 4 is 6.29 Å². The van der Waals surface area contributed by atoms with Gasteiger partial charge in [-0.15, -0.1) is 0 Å². The van der Waals surface area contributed by atoms with Crippen LogP contribution in [0, 0.1) is 12.7 Å². The van der Waals surface area contributed by atoms with Crippen LogP contribution in [0.1, 0.15) is 46.7 Å². The number of nitrogens with zero attached hydrogens (tertiary/aromatic N) is 2. The summed E-state index contributed by atoms with van der Waals surface area (Å²) >= 11 is 0. The van der Waals surface area contributed by atoms with Gasteiger partial charge in [-0.2, -0.15) is 5.10 Å². The Bertz CT molecular complexity index is 632. The summed E-state index contributed by atoms with van der Waals surface area (Å²) in [7, 11) is 0. The Morgan fingerprint density at radius 3 is 2.60 bits per heavy atom. The number of benzene rings is 1. The second-order valence-corrected chi connectivity index (χ2v) is 4.86. The fourth-order valence-corrected chi connectivity index (χ4v) is 2.46. The lowest BCUT2D eigenvalue weighted by Crippen LogP contribution is -2.08. The summed E-state index contributed by atoms with van der Waals surface area (Å²) in [6.07, 6.45) is 2.37. The van der Waals surface area contributed by atoms with E-state index in [4.69, 9.17) is 0 Å². The van der Waals surface area contributed by atoms with Crippen LogP contribution >= 0.6 is 0 Å². The number of hydrogen-bond acceptors (Lipinski definition) is 2. The quantitative estimate of drug-likeness (QED) is 0.784. The van der Waals surface area contributed by atoms with Crippen molar-refractivity contribution < 1.29 is 9.18 Å². The second kappa shape index (κ2) is 5.99. The lowest BCUT2D eigenvalue weighted by molar-refractivity contribution is 0.112. The molecule has 20 heavy (non-hydrogen) atoms. The number of carbonyl (C=O) groups excluding carboxylic acids is 1. The van der Waals surface area contributed by atoms with Crippen molar-refractivity contribution in [1.29, 1.82) is 0 Å². The van der Waals surface area contributed by atoms with Crippen molar-refractivity contribution in [3.63, 3.8) is 0 Å². The smallest absolute Gasteiger partial charge is 0.153 e. The van der Waals surface area contributed by atoms with Gasteiger partial charge in [0.05, 0.1) is 17.8 Å². The highest BCUT2D eigenvalue weighted by molar-refractivity contribution is 5.78. The minimum atomic E-state index is -0.231. The van der Waals surface area contributed by atoms with Gasteiger partial charge in [0.25, 0.3) is 0 Å². The Balaban J connectivity index is 2.42. The topological polar surface area (TPSA) is 34.9 Å². The van der Waals surface area contributed by atoms with Crippen molar-refractivity contribution in [2.45, 2.75) is 40.2 Å². The molecule has 0 saturated carbocycles. The molecule has 0 radical (unpaired) electrons. The van der Waals surface area contributed by atoms with Crippen molar-refractivity contribution in [3.05, 3.63) is 52.1 Å². The molecular weight excluding hydrogens is 255 g/mol. The lowest BCUT2D eigenvalue weighted by atomic mass is 10.1. The van der Waals surface area contributed by atoms with Crippen LogP contribution in [0.3, 0.4) is 0 Å². The molecular formula is C16H19FN2O. The maximum absolute atomic E-state index is 13.1. The SMILES string of the molecule is CCc1nn(Cc2ccc(F)cc2C)c(CC)c1C=O. The summed E-state index contributed by atoms with van der Waals surface area (Å²) in [5, 5.41) is 4.52. The van der Waals surface area contributed by atoms with Gasteiger partial charge in [-0.1, -0.05) is 19.9 Å². The van der Waals surface area contributed by atoms with Gasteiger partial charge >= 0.3 is 0 Å². The molecule has 0 aliphatic carbocycles. The highest BCUT2D eigenvalue weighted by Crippen LogP contribution is 2.18. The van der Waals surface area contributed by atoms with Gasteiger partial charge in [-0.25, -0.2) is 4.39 Å². The number of hydrogen-bond donors (Lipinski definition) is 0. The Labute approximate surface area is 118 Å². The van der Waals surface area contributed by atoms with Crippen molar-refractivity contribution in [2.24, 2.45) is 0 Å². The number of halogens is 1. The molecule has 106 valence electrons. The van der Waals surface area contributed by atoms with Crippen molar-refractivity contribution in [1.82, 2.24) is 9.78 Å². The minimum absolute atomic E-state index is 0.231. The first kappa shape index (κ1) is 14.4. The van der Waals surface area contributed by atoms with E-state index in [2.05, 4.69) is 5.10 Å². The highest BCUT2D eigenvalue weighted by Gasteiger charge is 2.15. The molecule has 0 saturated heterocycles. The van der Waals surface area contributed by atoms with Gasteiger partial charge in [-0.3, -0.25) is 9.48 Å². The third-order valence-corrected chi connectivity index (χ3v) is 3.59. The molecule has 4 heteroatoms. The van der Waals surface area contributed by atoms with Crippen LogP contribution in [-0.2, 0) is 19.4 Å². The zero-order valence-electron chi connectivity index (χ0n) is 12.1. The molecule has 0 aliphatic rings. The molecule has 0 aliphatic heterocycles. The van der Waals surface area contributed by atoms with E-state index >= 15 is 0 Å². The summed E-state index contributed by atoms with van der Waals surface area (Å²) in [5.41, 5.74) is 4.39. The zero-order valence-corrected chi connectivity index (χ0v) is 12.1. The summed E-state index contributed by atoms with van der Waals surface area (Å²) in [4.78, 5) is 11.2. The van der Waals surface area contributed by atoms with Crippen LogP contribution in [0.2, 0.25) is 0 Å². The molecule has 0 spiro atoms. The van der Waals surface area contributed by atoms with E-state index in [1.807, 2.05) is 25.5 Å². The summed E-state index contributed by atoms with van der Waals surface area (Å²) in [6, 6.07) is 4.75. The summed E-state index contributed by atoms with van der Waals surface area (Å²) in [6.45, 7) is 6.45. The monoisotopic (exact) mass is 274 g/mol. The Morgan fingerprint density at radius 2 is 2.05 bits per heavy atom. The van der Waals surface area contributed by atoms with Gasteiger partial charge in [0, 0.05) is 5.69 Å².